The van der Waals surface area contributed by atoms with Crippen LogP contribution in [-0.4, -0.2) is 23.1 Å². The van der Waals surface area contributed by atoms with Gasteiger partial charge in [-0.15, -0.1) is 0 Å². The van der Waals surface area contributed by atoms with E-state index in [0.717, 1.165) is 6.26 Å². The molecule has 0 fully saturated rings. The van der Waals surface area contributed by atoms with Crippen LogP contribution in [0.4, 0.5) is 5.69 Å². The first-order chi connectivity index (χ1) is 9.70. The lowest BCUT2D eigenvalue weighted by atomic mass is 10.2. The monoisotopic (exact) mass is 325 g/mol. The molecule has 2 aromatic rings. The average Bonchev–Trinajstić information content (AvgIpc) is 2.38. The second-order valence-electron chi connectivity index (χ2n) is 4.67. The molecule has 5 nitrogen and oxygen atoms in total. The van der Waals surface area contributed by atoms with Gasteiger partial charge in [0.15, 0.2) is 9.84 Å². The van der Waals surface area contributed by atoms with E-state index in [9.17, 15) is 16.8 Å². The lowest BCUT2D eigenvalue weighted by Gasteiger charge is -2.10. The summed E-state index contributed by atoms with van der Waals surface area (Å²) in [6.45, 7) is 1.71. The molecule has 0 aliphatic carbocycles. The third-order valence-corrected chi connectivity index (χ3v) is 5.59. The molecule has 1 N–H and O–H groups in total. The van der Waals surface area contributed by atoms with Gasteiger partial charge in [-0.05, 0) is 42.8 Å². The first-order valence-electron chi connectivity index (χ1n) is 6.09. The maximum absolute atomic E-state index is 12.3. The molecule has 0 heterocycles. The van der Waals surface area contributed by atoms with Gasteiger partial charge in [0, 0.05) is 11.9 Å². The van der Waals surface area contributed by atoms with Crippen LogP contribution < -0.4 is 4.72 Å². The van der Waals surface area contributed by atoms with Crippen LogP contribution in [0.1, 0.15) is 5.56 Å². The van der Waals surface area contributed by atoms with Crippen molar-refractivity contribution in [2.45, 2.75) is 16.7 Å². The first-order valence-corrected chi connectivity index (χ1v) is 9.46. The Morgan fingerprint density at radius 2 is 1.43 bits per heavy atom. The highest BCUT2D eigenvalue weighted by Crippen LogP contribution is 2.20. The van der Waals surface area contributed by atoms with Crippen molar-refractivity contribution in [1.29, 1.82) is 0 Å². The molecule has 0 saturated carbocycles. The summed E-state index contributed by atoms with van der Waals surface area (Å²) in [7, 11) is -6.99. The van der Waals surface area contributed by atoms with Crippen molar-refractivity contribution in [3.63, 3.8) is 0 Å². The molecular formula is C14H15NO4S2. The topological polar surface area (TPSA) is 80.3 Å². The number of rotatable bonds is 4. The Labute approximate surface area is 124 Å². The predicted molar refractivity (Wildman–Crippen MR) is 81.5 cm³/mol. The lowest BCUT2D eigenvalue weighted by molar-refractivity contribution is 0.600. The third kappa shape index (κ3) is 3.62. The van der Waals surface area contributed by atoms with Crippen LogP contribution in [0.3, 0.4) is 0 Å². The summed E-state index contributed by atoms with van der Waals surface area (Å²) in [6.07, 6.45) is 1.10. The van der Waals surface area contributed by atoms with Crippen molar-refractivity contribution in [2.24, 2.45) is 0 Å². The molecule has 112 valence electrons. The maximum atomic E-state index is 12.3. The Morgan fingerprint density at radius 3 is 1.95 bits per heavy atom. The Morgan fingerprint density at radius 1 is 0.857 bits per heavy atom. The molecule has 0 spiro atoms. The highest BCUT2D eigenvalue weighted by atomic mass is 32.2. The summed E-state index contributed by atoms with van der Waals surface area (Å²) in [5.41, 5.74) is 0.948. The van der Waals surface area contributed by atoms with Crippen LogP contribution in [-0.2, 0) is 19.9 Å². The minimum atomic E-state index is -3.69. The van der Waals surface area contributed by atoms with Crippen molar-refractivity contribution < 1.29 is 16.8 Å². The van der Waals surface area contributed by atoms with Gasteiger partial charge >= 0.3 is 0 Å². The number of anilines is 1. The second-order valence-corrected chi connectivity index (χ2v) is 8.33. The maximum Gasteiger partial charge on any atom is 0.262 e. The molecule has 2 aromatic carbocycles. The largest absolute Gasteiger partial charge is 0.280 e. The quantitative estimate of drug-likeness (QED) is 0.934. The van der Waals surface area contributed by atoms with Gasteiger partial charge in [-0.3, -0.25) is 4.72 Å². The summed E-state index contributed by atoms with van der Waals surface area (Å²) in [5, 5.41) is 0. The Balaban J connectivity index is 2.32. The summed E-state index contributed by atoms with van der Waals surface area (Å²) < 4.78 is 49.7. The van der Waals surface area contributed by atoms with Gasteiger partial charge in [0.1, 0.15) is 0 Å². The fourth-order valence-corrected chi connectivity index (χ4v) is 3.77. The van der Waals surface area contributed by atoms with E-state index in [1.54, 1.807) is 25.1 Å². The number of hydrogen-bond donors (Lipinski definition) is 1. The van der Waals surface area contributed by atoms with Crippen LogP contribution in [0.25, 0.3) is 0 Å². The van der Waals surface area contributed by atoms with E-state index in [4.69, 9.17) is 0 Å². The molecule has 0 radical (unpaired) electrons. The molecule has 0 saturated heterocycles. The molecule has 7 heteroatoms. The Kier molecular flexibility index (Phi) is 4.06. The zero-order chi connectivity index (χ0) is 15.7. The zero-order valence-corrected chi connectivity index (χ0v) is 13.2. The summed E-state index contributed by atoms with van der Waals surface area (Å²) in [6, 6.07) is 12.2. The van der Waals surface area contributed by atoms with E-state index in [2.05, 4.69) is 4.72 Å². The summed E-state index contributed by atoms with van der Waals surface area (Å²) in [4.78, 5) is 0.332. The van der Waals surface area contributed by atoms with Crippen LogP contribution in [0.2, 0.25) is 0 Å². The summed E-state index contributed by atoms with van der Waals surface area (Å²) in [5.74, 6) is 0. The van der Waals surface area contributed by atoms with Crippen LogP contribution in [0.15, 0.2) is 58.3 Å². The SMILES string of the molecule is Cc1ccccc1S(=O)(=O)Nc1ccc(S(C)(=O)=O)cc1. The number of sulfone groups is 1. The Hall–Kier alpha value is -1.86. The molecule has 0 aromatic heterocycles. The highest BCUT2D eigenvalue weighted by molar-refractivity contribution is 7.92. The number of hydrogen-bond acceptors (Lipinski definition) is 4. The van der Waals surface area contributed by atoms with E-state index in [0.29, 0.717) is 11.3 Å². The van der Waals surface area contributed by atoms with E-state index in [1.165, 1.54) is 30.3 Å². The van der Waals surface area contributed by atoms with Crippen molar-refractivity contribution in [1.82, 2.24) is 0 Å². The smallest absolute Gasteiger partial charge is 0.262 e. The molecule has 0 aliphatic rings. The van der Waals surface area contributed by atoms with Crippen molar-refractivity contribution in [3.05, 3.63) is 54.1 Å². The zero-order valence-electron chi connectivity index (χ0n) is 11.6. The minimum absolute atomic E-state index is 0.140. The van der Waals surface area contributed by atoms with Crippen molar-refractivity contribution >= 4 is 25.5 Å². The van der Waals surface area contributed by atoms with Gasteiger partial charge in [-0.2, -0.15) is 0 Å². The number of nitrogens with one attached hydrogen (secondary N) is 1. The molecule has 0 aliphatic heterocycles. The van der Waals surface area contributed by atoms with Crippen molar-refractivity contribution in [2.75, 3.05) is 11.0 Å². The molecule has 2 rings (SSSR count). The van der Waals surface area contributed by atoms with E-state index in [-0.39, 0.29) is 9.79 Å². The molecule has 21 heavy (non-hydrogen) atoms. The predicted octanol–water partition coefficient (Wildman–Crippen LogP) is 2.20. The van der Waals surface area contributed by atoms with Gasteiger partial charge < -0.3 is 0 Å². The number of sulfonamides is 1. The van der Waals surface area contributed by atoms with Crippen molar-refractivity contribution in [3.8, 4) is 0 Å². The van der Waals surface area contributed by atoms with Gasteiger partial charge in [0.05, 0.1) is 9.79 Å². The lowest BCUT2D eigenvalue weighted by Crippen LogP contribution is -2.14. The molecule has 0 bridgehead atoms. The number of benzene rings is 2. The molecule has 0 amide bonds. The van der Waals surface area contributed by atoms with Gasteiger partial charge in [0.25, 0.3) is 10.0 Å². The fourth-order valence-electron chi connectivity index (χ4n) is 1.84. The van der Waals surface area contributed by atoms with Crippen LogP contribution >= 0.6 is 0 Å². The average molecular weight is 325 g/mol. The van der Waals surface area contributed by atoms with Gasteiger partial charge in [0.2, 0.25) is 0 Å². The minimum Gasteiger partial charge on any atom is -0.280 e. The van der Waals surface area contributed by atoms with Gasteiger partial charge in [-0.1, -0.05) is 18.2 Å². The molecule has 0 unspecified atom stereocenters. The Bertz CT molecular complexity index is 854. The van der Waals surface area contributed by atoms with Crippen LogP contribution in [0.5, 0.6) is 0 Å². The normalized spacial score (nSPS) is 12.1. The third-order valence-electron chi connectivity index (χ3n) is 2.92. The number of aryl methyl sites for hydroxylation is 1. The molecule has 0 atom stereocenters. The highest BCUT2D eigenvalue weighted by Gasteiger charge is 2.16. The fraction of sp³-hybridized carbons (Fsp3) is 0.143. The van der Waals surface area contributed by atoms with E-state index >= 15 is 0 Å². The first kappa shape index (κ1) is 15.5. The van der Waals surface area contributed by atoms with E-state index < -0.39 is 19.9 Å². The van der Waals surface area contributed by atoms with Gasteiger partial charge in [-0.25, -0.2) is 16.8 Å². The second kappa shape index (κ2) is 5.50. The standard InChI is InChI=1S/C14H15NO4S2/c1-11-5-3-4-6-14(11)21(18,19)15-12-7-9-13(10-8-12)20(2,16)17/h3-10,15H,1-2H3. The molecular weight excluding hydrogens is 310 g/mol. The van der Waals surface area contributed by atoms with E-state index in [1.807, 2.05) is 0 Å². The summed E-state index contributed by atoms with van der Waals surface area (Å²) >= 11 is 0. The van der Waals surface area contributed by atoms with Crippen LogP contribution in [0, 0.1) is 6.92 Å².